The monoisotopic (exact) mass is 375 g/mol. The summed E-state index contributed by atoms with van der Waals surface area (Å²) < 4.78 is 5.29. The lowest BCUT2D eigenvalue weighted by Gasteiger charge is -2.33. The summed E-state index contributed by atoms with van der Waals surface area (Å²) in [5.41, 5.74) is 1.14. The minimum absolute atomic E-state index is 0.201. The van der Waals surface area contributed by atoms with Crippen LogP contribution in [0.15, 0.2) is 24.3 Å². The summed E-state index contributed by atoms with van der Waals surface area (Å²) in [6, 6.07) is 7.91. The molecule has 2 aliphatic rings. The van der Waals surface area contributed by atoms with Gasteiger partial charge in [-0.25, -0.2) is 4.79 Å². The number of carbonyl (C=O) groups is 2. The maximum Gasteiger partial charge on any atom is 0.321 e. The Kier molecular flexibility index (Phi) is 6.92. The Morgan fingerprint density at radius 1 is 1.19 bits per heavy atom. The molecule has 7 heteroatoms. The van der Waals surface area contributed by atoms with E-state index in [2.05, 4.69) is 21.6 Å². The van der Waals surface area contributed by atoms with Crippen LogP contribution in [-0.2, 0) is 4.79 Å². The van der Waals surface area contributed by atoms with Crippen LogP contribution in [0.4, 0.5) is 10.5 Å². The summed E-state index contributed by atoms with van der Waals surface area (Å²) in [6.45, 7) is 3.84. The van der Waals surface area contributed by atoms with E-state index in [0.29, 0.717) is 6.54 Å². The third-order valence-electron chi connectivity index (χ3n) is 5.49. The number of hydrogen-bond donors (Lipinski definition) is 3. The summed E-state index contributed by atoms with van der Waals surface area (Å²) in [6.07, 6.45) is 5.57. The number of hydrogen-bond acceptors (Lipinski definition) is 4. The number of anilines is 1. The number of nitrogens with zero attached hydrogens (tertiary/aromatic N) is 1. The van der Waals surface area contributed by atoms with Crippen LogP contribution in [-0.4, -0.2) is 57.8 Å². The summed E-state index contributed by atoms with van der Waals surface area (Å²) in [7, 11) is 1.67. The zero-order chi connectivity index (χ0) is 19.1. The highest BCUT2D eigenvalue weighted by Crippen LogP contribution is 2.20. The molecule has 3 rings (SSSR count). The molecule has 7 nitrogen and oxygen atoms in total. The molecule has 0 atom stereocenters. The quantitative estimate of drug-likeness (QED) is 0.703. The van der Waals surface area contributed by atoms with E-state index in [4.69, 9.17) is 4.74 Å². The Morgan fingerprint density at radius 2 is 1.93 bits per heavy atom. The molecular weight excluding hydrogens is 344 g/mol. The van der Waals surface area contributed by atoms with Gasteiger partial charge < -0.3 is 19.9 Å². The molecule has 1 aromatic rings. The maximum atomic E-state index is 12.2. The van der Waals surface area contributed by atoms with Gasteiger partial charge in [0.2, 0.25) is 0 Å². The summed E-state index contributed by atoms with van der Waals surface area (Å²) in [5.74, 6) is 0.652. The van der Waals surface area contributed by atoms with E-state index < -0.39 is 0 Å². The summed E-state index contributed by atoms with van der Waals surface area (Å²) >= 11 is 0. The number of carbonyl (C=O) groups excluding carboxylic acids is 2. The van der Waals surface area contributed by atoms with Gasteiger partial charge in [0.05, 0.1) is 33.3 Å². The summed E-state index contributed by atoms with van der Waals surface area (Å²) in [5, 5.41) is 5.42. The van der Waals surface area contributed by atoms with E-state index in [9.17, 15) is 9.59 Å². The molecule has 1 saturated heterocycles. The lowest BCUT2D eigenvalue weighted by Crippen LogP contribution is -3.16. The Hall–Kier alpha value is -2.28. The van der Waals surface area contributed by atoms with Crippen molar-refractivity contribution in [3.05, 3.63) is 24.3 Å². The summed E-state index contributed by atoms with van der Waals surface area (Å²) in [4.78, 5) is 27.7. The SMILES string of the molecule is COc1cccc(N2CC[NH+](CC(=O)NC(=O)NC3CCCCC3)CC2)c1. The van der Waals surface area contributed by atoms with Crippen molar-refractivity contribution in [3.63, 3.8) is 0 Å². The van der Waals surface area contributed by atoms with E-state index >= 15 is 0 Å². The van der Waals surface area contributed by atoms with Crippen LogP contribution in [0, 0.1) is 0 Å². The van der Waals surface area contributed by atoms with Gasteiger partial charge in [-0.2, -0.15) is 0 Å². The van der Waals surface area contributed by atoms with Gasteiger partial charge in [0, 0.05) is 17.8 Å². The molecular formula is C20H31N4O3+. The number of benzene rings is 1. The molecule has 1 aliphatic heterocycles. The van der Waals surface area contributed by atoms with Crippen LogP contribution in [0.5, 0.6) is 5.75 Å². The van der Waals surface area contributed by atoms with Crippen LogP contribution in [0.3, 0.4) is 0 Å². The second-order valence-electron chi connectivity index (χ2n) is 7.47. The Balaban J connectivity index is 1.39. The molecule has 3 N–H and O–H groups in total. The number of nitrogens with one attached hydrogen (secondary N) is 3. The molecule has 1 saturated carbocycles. The van der Waals surface area contributed by atoms with Crippen LogP contribution in [0.1, 0.15) is 32.1 Å². The molecule has 148 valence electrons. The van der Waals surface area contributed by atoms with Crippen LogP contribution < -0.4 is 25.2 Å². The van der Waals surface area contributed by atoms with Crippen LogP contribution >= 0.6 is 0 Å². The highest BCUT2D eigenvalue weighted by molar-refractivity contribution is 5.94. The first-order valence-electron chi connectivity index (χ1n) is 9.97. The fourth-order valence-corrected chi connectivity index (χ4v) is 3.93. The highest BCUT2D eigenvalue weighted by atomic mass is 16.5. The van der Waals surface area contributed by atoms with E-state index in [-0.39, 0.29) is 18.0 Å². The van der Waals surface area contributed by atoms with Crippen molar-refractivity contribution in [2.24, 2.45) is 0 Å². The number of amides is 3. The van der Waals surface area contributed by atoms with Crippen molar-refractivity contribution in [3.8, 4) is 5.75 Å². The van der Waals surface area contributed by atoms with Gasteiger partial charge in [0.15, 0.2) is 6.54 Å². The van der Waals surface area contributed by atoms with E-state index in [1.165, 1.54) is 11.3 Å². The number of piperazine rings is 1. The topological polar surface area (TPSA) is 75.1 Å². The van der Waals surface area contributed by atoms with Crippen molar-refractivity contribution in [2.75, 3.05) is 44.7 Å². The normalized spacial score (nSPS) is 18.8. The second-order valence-corrected chi connectivity index (χ2v) is 7.47. The molecule has 3 amide bonds. The average Bonchev–Trinajstić information content (AvgIpc) is 2.69. The van der Waals surface area contributed by atoms with Gasteiger partial charge in [-0.1, -0.05) is 25.3 Å². The van der Waals surface area contributed by atoms with Gasteiger partial charge >= 0.3 is 6.03 Å². The van der Waals surface area contributed by atoms with Gasteiger partial charge in [-0.3, -0.25) is 10.1 Å². The Morgan fingerprint density at radius 3 is 2.63 bits per heavy atom. The number of urea groups is 1. The average molecular weight is 375 g/mol. The Labute approximate surface area is 161 Å². The van der Waals surface area contributed by atoms with Crippen molar-refractivity contribution in [1.29, 1.82) is 0 Å². The van der Waals surface area contributed by atoms with Crippen molar-refractivity contribution >= 4 is 17.6 Å². The number of quaternary nitrogens is 1. The van der Waals surface area contributed by atoms with Crippen LogP contribution in [0.2, 0.25) is 0 Å². The minimum atomic E-state index is -0.346. The zero-order valence-corrected chi connectivity index (χ0v) is 16.1. The minimum Gasteiger partial charge on any atom is -0.497 e. The van der Waals surface area contributed by atoms with Crippen molar-refractivity contribution in [1.82, 2.24) is 10.6 Å². The highest BCUT2D eigenvalue weighted by Gasteiger charge is 2.24. The predicted molar refractivity (Wildman–Crippen MR) is 104 cm³/mol. The van der Waals surface area contributed by atoms with Gasteiger partial charge in [0.25, 0.3) is 5.91 Å². The molecule has 2 fully saturated rings. The first-order chi connectivity index (χ1) is 13.1. The molecule has 1 heterocycles. The fourth-order valence-electron chi connectivity index (χ4n) is 3.93. The number of imide groups is 1. The number of ether oxygens (including phenoxy) is 1. The molecule has 1 aliphatic carbocycles. The maximum absolute atomic E-state index is 12.2. The van der Waals surface area contributed by atoms with Gasteiger partial charge in [-0.15, -0.1) is 0 Å². The molecule has 0 bridgehead atoms. The molecule has 0 unspecified atom stereocenters. The predicted octanol–water partition coefficient (Wildman–Crippen LogP) is 0.559. The molecule has 0 radical (unpaired) electrons. The number of methoxy groups -OCH3 is 1. The second kappa shape index (κ2) is 9.60. The van der Waals surface area contributed by atoms with E-state index in [1.807, 2.05) is 18.2 Å². The van der Waals surface area contributed by atoms with E-state index in [0.717, 1.165) is 63.3 Å². The standard InChI is InChI=1S/C20H30N4O3/c1-27-18-9-5-8-17(14-18)24-12-10-23(11-13-24)15-19(25)22-20(26)21-16-6-3-2-4-7-16/h5,8-9,14,16H,2-4,6-7,10-13,15H2,1H3,(H2,21,22,25,26)/p+1. The molecule has 0 aromatic heterocycles. The molecule has 1 aromatic carbocycles. The van der Waals surface area contributed by atoms with Crippen LogP contribution in [0.25, 0.3) is 0 Å². The van der Waals surface area contributed by atoms with Crippen molar-refractivity contribution in [2.45, 2.75) is 38.1 Å². The fraction of sp³-hybridized carbons (Fsp3) is 0.600. The lowest BCUT2D eigenvalue weighted by atomic mass is 9.96. The smallest absolute Gasteiger partial charge is 0.321 e. The van der Waals surface area contributed by atoms with Gasteiger partial charge in [-0.05, 0) is 25.0 Å². The molecule has 27 heavy (non-hydrogen) atoms. The largest absolute Gasteiger partial charge is 0.497 e. The third kappa shape index (κ3) is 5.85. The first kappa shape index (κ1) is 19.5. The first-order valence-corrected chi connectivity index (χ1v) is 9.97. The number of rotatable bonds is 5. The molecule has 0 spiro atoms. The van der Waals surface area contributed by atoms with E-state index in [1.54, 1.807) is 7.11 Å². The zero-order valence-electron chi connectivity index (χ0n) is 16.1. The Bertz CT molecular complexity index is 638. The van der Waals surface area contributed by atoms with Crippen molar-refractivity contribution < 1.29 is 19.2 Å². The lowest BCUT2D eigenvalue weighted by molar-refractivity contribution is -0.892. The third-order valence-corrected chi connectivity index (χ3v) is 5.49. The van der Waals surface area contributed by atoms with Gasteiger partial charge in [0.1, 0.15) is 5.75 Å².